The normalized spacial score (nSPS) is 23.9. The van der Waals surface area contributed by atoms with Gasteiger partial charge in [0.2, 0.25) is 0 Å². The predicted octanol–water partition coefficient (Wildman–Crippen LogP) is 7.30. The number of carbonyl (C=O) groups is 1. The van der Waals surface area contributed by atoms with E-state index in [1.165, 1.54) is 44.9 Å². The molecule has 6 atom stereocenters. The predicted molar refractivity (Wildman–Crippen MR) is 212 cm³/mol. The number of rotatable bonds is 33. The van der Waals surface area contributed by atoms with Crippen LogP contribution in [0.1, 0.15) is 142 Å². The lowest BCUT2D eigenvalue weighted by Gasteiger charge is -2.41. The Morgan fingerprint density at radius 2 is 1.09 bits per heavy atom. The van der Waals surface area contributed by atoms with Crippen molar-refractivity contribution < 1.29 is 58.3 Å². The SMILES string of the molecule is CC/C=C\C/C=C\C/C=C\CCCCCC(=O)OC(COCCCCCCCC/C=C\CCCCCC)COP(=O)(O)OC1C(O)C(O)C(O)C(O)C1O. The number of unbranched alkanes of at least 4 members (excludes halogenated alkanes) is 13. The topological polar surface area (TPSA) is 192 Å². The van der Waals surface area contributed by atoms with Gasteiger partial charge in [0.25, 0.3) is 0 Å². The molecule has 314 valence electrons. The van der Waals surface area contributed by atoms with E-state index in [4.69, 9.17) is 18.5 Å². The van der Waals surface area contributed by atoms with Crippen molar-refractivity contribution in [3.05, 3.63) is 48.6 Å². The van der Waals surface area contributed by atoms with Gasteiger partial charge in [-0.25, -0.2) is 4.57 Å². The van der Waals surface area contributed by atoms with E-state index in [1.807, 2.05) is 0 Å². The second-order valence-corrected chi connectivity index (χ2v) is 15.5. The van der Waals surface area contributed by atoms with Crippen LogP contribution in [-0.2, 0) is 27.9 Å². The van der Waals surface area contributed by atoms with E-state index in [0.717, 1.165) is 70.6 Å². The van der Waals surface area contributed by atoms with Crippen LogP contribution in [0, 0.1) is 0 Å². The highest BCUT2D eigenvalue weighted by molar-refractivity contribution is 7.47. The fourth-order valence-electron chi connectivity index (χ4n) is 5.89. The molecule has 0 spiro atoms. The van der Waals surface area contributed by atoms with Crippen LogP contribution in [0.3, 0.4) is 0 Å². The van der Waals surface area contributed by atoms with Crippen LogP contribution >= 0.6 is 7.82 Å². The summed E-state index contributed by atoms with van der Waals surface area (Å²) in [6.07, 6.45) is 24.8. The molecule has 1 rings (SSSR count). The van der Waals surface area contributed by atoms with Gasteiger partial charge in [0.15, 0.2) is 0 Å². The summed E-state index contributed by atoms with van der Waals surface area (Å²) in [4.78, 5) is 23.0. The molecule has 6 unspecified atom stereocenters. The van der Waals surface area contributed by atoms with E-state index in [-0.39, 0.29) is 13.0 Å². The maximum atomic E-state index is 12.8. The number of allylic oxidation sites excluding steroid dienone is 8. The van der Waals surface area contributed by atoms with Crippen LogP contribution in [-0.4, -0.2) is 98.9 Å². The molecule has 0 aromatic heterocycles. The summed E-state index contributed by atoms with van der Waals surface area (Å²) in [5, 5.41) is 50.0. The Kier molecular flexibility index (Phi) is 30.2. The van der Waals surface area contributed by atoms with Crippen molar-refractivity contribution in [2.24, 2.45) is 0 Å². The number of aliphatic hydroxyl groups is 5. The Morgan fingerprint density at radius 1 is 0.611 bits per heavy atom. The zero-order valence-corrected chi connectivity index (χ0v) is 33.9. The zero-order valence-electron chi connectivity index (χ0n) is 33.0. The lowest BCUT2D eigenvalue weighted by Crippen LogP contribution is -2.64. The van der Waals surface area contributed by atoms with Crippen molar-refractivity contribution in [2.45, 2.75) is 185 Å². The van der Waals surface area contributed by atoms with Crippen molar-refractivity contribution in [1.82, 2.24) is 0 Å². The van der Waals surface area contributed by atoms with Gasteiger partial charge in [-0.15, -0.1) is 0 Å². The Morgan fingerprint density at radius 3 is 1.69 bits per heavy atom. The summed E-state index contributed by atoms with van der Waals surface area (Å²) in [6, 6.07) is 0. The summed E-state index contributed by atoms with van der Waals surface area (Å²) in [5.74, 6) is -0.511. The smallest absolute Gasteiger partial charge is 0.457 e. The molecular weight excluding hydrogens is 715 g/mol. The lowest BCUT2D eigenvalue weighted by atomic mass is 9.85. The fourth-order valence-corrected chi connectivity index (χ4v) is 6.86. The van der Waals surface area contributed by atoms with Gasteiger partial charge >= 0.3 is 13.8 Å². The highest BCUT2D eigenvalue weighted by Crippen LogP contribution is 2.47. The second kappa shape index (κ2) is 32.4. The summed E-state index contributed by atoms with van der Waals surface area (Å²) in [6.45, 7) is 4.05. The van der Waals surface area contributed by atoms with Crippen LogP contribution in [0.25, 0.3) is 0 Å². The molecule has 0 aromatic carbocycles. The first-order valence-corrected chi connectivity index (χ1v) is 22.0. The molecule has 6 N–H and O–H groups in total. The molecule has 54 heavy (non-hydrogen) atoms. The molecule has 12 nitrogen and oxygen atoms in total. The van der Waals surface area contributed by atoms with Crippen LogP contribution in [0.5, 0.6) is 0 Å². The molecule has 0 radical (unpaired) electrons. The van der Waals surface area contributed by atoms with Gasteiger partial charge in [0, 0.05) is 13.0 Å². The number of aliphatic hydroxyl groups excluding tert-OH is 5. The second-order valence-electron chi connectivity index (χ2n) is 14.1. The number of esters is 1. The maximum Gasteiger partial charge on any atom is 0.472 e. The largest absolute Gasteiger partial charge is 0.472 e. The third kappa shape index (κ3) is 24.7. The van der Waals surface area contributed by atoms with Crippen molar-refractivity contribution in [2.75, 3.05) is 19.8 Å². The monoisotopic (exact) mass is 788 g/mol. The summed E-state index contributed by atoms with van der Waals surface area (Å²) in [7, 11) is -5.02. The Bertz CT molecular complexity index is 1080. The summed E-state index contributed by atoms with van der Waals surface area (Å²) in [5.41, 5.74) is 0. The number of carbonyl (C=O) groups excluding carboxylic acids is 1. The van der Waals surface area contributed by atoms with E-state index < -0.39 is 63.1 Å². The van der Waals surface area contributed by atoms with Crippen LogP contribution in [0.15, 0.2) is 48.6 Å². The molecule has 1 saturated carbocycles. The van der Waals surface area contributed by atoms with Gasteiger partial charge in [-0.3, -0.25) is 13.8 Å². The van der Waals surface area contributed by atoms with Crippen LogP contribution in [0.4, 0.5) is 0 Å². The zero-order chi connectivity index (χ0) is 39.9. The maximum absolute atomic E-state index is 12.8. The molecule has 0 heterocycles. The average Bonchev–Trinajstić information content (AvgIpc) is 3.15. The number of phosphoric ester groups is 1. The number of ether oxygens (including phenoxy) is 2. The molecule has 1 fully saturated rings. The molecular formula is C41H73O12P. The van der Waals surface area contributed by atoms with Crippen molar-refractivity contribution in [3.8, 4) is 0 Å². The number of phosphoric acid groups is 1. The van der Waals surface area contributed by atoms with Crippen molar-refractivity contribution in [3.63, 3.8) is 0 Å². The molecule has 1 aliphatic rings. The molecule has 0 bridgehead atoms. The van der Waals surface area contributed by atoms with E-state index in [2.05, 4.69) is 62.5 Å². The van der Waals surface area contributed by atoms with Gasteiger partial charge in [-0.1, -0.05) is 114 Å². The van der Waals surface area contributed by atoms with E-state index in [9.17, 15) is 39.8 Å². The first-order valence-electron chi connectivity index (χ1n) is 20.5. The lowest BCUT2D eigenvalue weighted by molar-refractivity contribution is -0.220. The van der Waals surface area contributed by atoms with Crippen molar-refractivity contribution in [1.29, 1.82) is 0 Å². The first kappa shape index (κ1) is 50.3. The van der Waals surface area contributed by atoms with E-state index in [0.29, 0.717) is 13.0 Å². The molecule has 0 amide bonds. The minimum Gasteiger partial charge on any atom is -0.457 e. The van der Waals surface area contributed by atoms with Gasteiger partial charge < -0.3 is 39.9 Å². The van der Waals surface area contributed by atoms with Crippen LogP contribution in [0.2, 0.25) is 0 Å². The quantitative estimate of drug-likeness (QED) is 0.0169. The van der Waals surface area contributed by atoms with Crippen LogP contribution < -0.4 is 0 Å². The van der Waals surface area contributed by atoms with E-state index in [1.54, 1.807) is 0 Å². The number of hydrogen-bond donors (Lipinski definition) is 6. The molecule has 13 heteroatoms. The standard InChI is InChI=1S/C41H73O12P/c1-3-5-7-9-11-13-15-17-19-21-23-25-27-29-31-50-32-34(33-51-54(48,49)53-41-39(46)37(44)36(43)38(45)40(41)47)52-35(42)30-28-26-24-22-20-18-16-14-12-10-8-6-4-2/h6,8,12-15,18,20,34,36-41,43-47H,3-5,7,9-11,16-17,19,21-33H2,1-2H3,(H,48,49)/b8-6-,14-12-,15-13-,20-18-. The Labute approximate surface area is 325 Å². The van der Waals surface area contributed by atoms with E-state index >= 15 is 0 Å². The third-order valence-corrected chi connectivity index (χ3v) is 10.2. The highest BCUT2D eigenvalue weighted by Gasteiger charge is 2.51. The molecule has 0 aliphatic heterocycles. The van der Waals surface area contributed by atoms with Gasteiger partial charge in [-0.05, 0) is 70.6 Å². The average molecular weight is 789 g/mol. The van der Waals surface area contributed by atoms with Gasteiger partial charge in [0.05, 0.1) is 13.2 Å². The Balaban J connectivity index is 2.48. The number of hydrogen-bond acceptors (Lipinski definition) is 11. The van der Waals surface area contributed by atoms with Gasteiger partial charge in [-0.2, -0.15) is 0 Å². The summed E-state index contributed by atoms with van der Waals surface area (Å²) >= 11 is 0. The molecule has 0 aromatic rings. The fraction of sp³-hybridized carbons (Fsp3) is 0.780. The first-order chi connectivity index (χ1) is 26.0. The highest BCUT2D eigenvalue weighted by atomic mass is 31.2. The minimum absolute atomic E-state index is 0.0943. The molecule has 1 aliphatic carbocycles. The van der Waals surface area contributed by atoms with Gasteiger partial charge in [0.1, 0.15) is 42.7 Å². The van der Waals surface area contributed by atoms with Crippen molar-refractivity contribution >= 4 is 13.8 Å². The summed E-state index contributed by atoms with van der Waals surface area (Å²) < 4.78 is 34.0. The minimum atomic E-state index is -5.02. The third-order valence-electron chi connectivity index (χ3n) is 9.19. The Hall–Kier alpha value is -1.70. The molecule has 0 saturated heterocycles.